The Balaban J connectivity index is 3.08. The summed E-state index contributed by atoms with van der Waals surface area (Å²) in [5, 5.41) is 0. The first-order valence-corrected chi connectivity index (χ1v) is 7.04. The Bertz CT molecular complexity index is 437. The number of carbonyl (C=O) groups is 1. The molecule has 19 heavy (non-hydrogen) atoms. The maximum absolute atomic E-state index is 12.7. The summed E-state index contributed by atoms with van der Waals surface area (Å²) >= 11 is 0. The Labute approximate surface area is 119 Å². The molecule has 0 aliphatic rings. The van der Waals surface area contributed by atoms with Gasteiger partial charge in [-0.25, -0.2) is 0 Å². The van der Waals surface area contributed by atoms with Crippen molar-refractivity contribution < 1.29 is 6.17 Å². The van der Waals surface area contributed by atoms with E-state index in [4.69, 9.17) is 1.37 Å². The second-order valence-corrected chi connectivity index (χ2v) is 7.56. The van der Waals surface area contributed by atoms with Crippen molar-refractivity contribution in [3.8, 4) is 0 Å². The quantitative estimate of drug-likeness (QED) is 0.753. The van der Waals surface area contributed by atoms with E-state index in [2.05, 4.69) is 20.8 Å². The number of hydrogen-bond donors (Lipinski definition) is 0. The average Bonchev–Trinajstić information content (AvgIpc) is 2.33. The lowest BCUT2D eigenvalue weighted by atomic mass is 9.73. The summed E-state index contributed by atoms with van der Waals surface area (Å²) in [5.41, 5.74) is 0.572. The molecular weight excluding hydrogens is 232 g/mol. The fraction of sp³-hybridized carbons (Fsp3) is 0.611. The number of benzene rings is 1. The van der Waals surface area contributed by atoms with Gasteiger partial charge in [-0.2, -0.15) is 0 Å². The third-order valence-electron chi connectivity index (χ3n) is 3.10. The Hall–Kier alpha value is -1.11. The van der Waals surface area contributed by atoms with E-state index in [1.807, 2.05) is 51.1 Å². The second kappa shape index (κ2) is 5.90. The van der Waals surface area contributed by atoms with Gasteiger partial charge in [-0.3, -0.25) is 4.79 Å². The maximum atomic E-state index is 12.7. The number of hydrogen-bond acceptors (Lipinski definition) is 1. The molecule has 0 heterocycles. The minimum atomic E-state index is -0.484. The minimum Gasteiger partial charge on any atom is -0.299 e. The molecule has 1 aromatic rings. The maximum Gasteiger partial charge on any atom is 0.141 e. The third kappa shape index (κ3) is 5.59. The Kier molecular flexibility index (Phi) is 4.44. The van der Waals surface area contributed by atoms with Crippen molar-refractivity contribution >= 4 is 5.78 Å². The number of carbonyl (C=O) groups excluding carboxylic acids is 1. The van der Waals surface area contributed by atoms with Gasteiger partial charge in [-0.05, 0) is 23.8 Å². The van der Waals surface area contributed by atoms with Crippen LogP contribution in [0, 0.1) is 16.7 Å². The van der Waals surface area contributed by atoms with Gasteiger partial charge in [0.05, 0.1) is 0 Å². The van der Waals surface area contributed by atoms with Gasteiger partial charge in [0.2, 0.25) is 0 Å². The van der Waals surface area contributed by atoms with E-state index in [1.54, 1.807) is 0 Å². The van der Waals surface area contributed by atoms with Crippen molar-refractivity contribution in [2.24, 2.45) is 16.7 Å². The summed E-state index contributed by atoms with van der Waals surface area (Å²) in [4.78, 5) is 12.7. The average molecular weight is 261 g/mol. The van der Waals surface area contributed by atoms with E-state index in [1.165, 1.54) is 0 Å². The molecule has 0 unspecified atom stereocenters. The van der Waals surface area contributed by atoms with Gasteiger partial charge in [-0.1, -0.05) is 71.9 Å². The van der Waals surface area contributed by atoms with Crippen LogP contribution in [0.25, 0.3) is 0 Å². The van der Waals surface area contributed by atoms with Crippen LogP contribution in [-0.4, -0.2) is 5.78 Å². The van der Waals surface area contributed by atoms with Crippen LogP contribution in [0.3, 0.4) is 0 Å². The molecule has 2 atom stereocenters. The summed E-state index contributed by atoms with van der Waals surface area (Å²) in [6, 6.07) is 9.71. The van der Waals surface area contributed by atoms with Gasteiger partial charge in [0, 0.05) is 12.7 Å². The first-order chi connectivity index (χ1) is 9.02. The highest BCUT2D eigenvalue weighted by Crippen LogP contribution is 2.32. The van der Waals surface area contributed by atoms with Gasteiger partial charge in [0.25, 0.3) is 0 Å². The summed E-state index contributed by atoms with van der Waals surface area (Å²) in [6.45, 7) is 12.2. The largest absolute Gasteiger partial charge is 0.299 e. The zero-order valence-electron chi connectivity index (χ0n) is 14.2. The standard InChI is InChI=1S/C18H28O/c1-17(2,3)13-15(16(19)18(4,5)6)12-14-10-8-7-9-11-14/h7-11,15H,12-13H2,1-6H3/t15-/m1/s1/i12D/t12-,15-. The first-order valence-electron chi connectivity index (χ1n) is 7.61. The number of ketones is 1. The molecule has 106 valence electrons. The second-order valence-electron chi connectivity index (χ2n) is 7.56. The van der Waals surface area contributed by atoms with Gasteiger partial charge in [0.1, 0.15) is 5.78 Å². The topological polar surface area (TPSA) is 17.1 Å². The number of rotatable bonds is 4. The molecule has 0 spiro atoms. The van der Waals surface area contributed by atoms with Crippen molar-refractivity contribution in [3.05, 3.63) is 35.9 Å². The van der Waals surface area contributed by atoms with Crippen molar-refractivity contribution in [3.63, 3.8) is 0 Å². The fourth-order valence-corrected chi connectivity index (χ4v) is 2.24. The Morgan fingerprint density at radius 3 is 2.05 bits per heavy atom. The number of Topliss-reactive ketones (excluding diaryl/α,β-unsaturated/α-hetero) is 1. The summed E-state index contributed by atoms with van der Waals surface area (Å²) in [6.07, 6.45) is 0.258. The van der Waals surface area contributed by atoms with E-state index in [0.29, 0.717) is 0 Å². The first kappa shape index (κ1) is 14.3. The molecule has 0 saturated carbocycles. The molecule has 0 amide bonds. The molecular formula is C18H28O. The normalized spacial score (nSPS) is 16.6. The predicted octanol–water partition coefficient (Wildman–Crippen LogP) is 4.90. The molecule has 1 aromatic carbocycles. The van der Waals surface area contributed by atoms with E-state index in [-0.39, 0.29) is 17.1 Å². The van der Waals surface area contributed by atoms with Crippen LogP contribution >= 0.6 is 0 Å². The highest BCUT2D eigenvalue weighted by Gasteiger charge is 2.32. The smallest absolute Gasteiger partial charge is 0.141 e. The molecule has 0 bridgehead atoms. The van der Waals surface area contributed by atoms with Crippen LogP contribution in [0.4, 0.5) is 0 Å². The molecule has 0 aromatic heterocycles. The lowest BCUT2D eigenvalue weighted by molar-refractivity contribution is -0.131. The Morgan fingerprint density at radius 2 is 1.63 bits per heavy atom. The zero-order valence-corrected chi connectivity index (χ0v) is 13.2. The zero-order chi connectivity index (χ0) is 15.6. The molecule has 0 radical (unpaired) electrons. The van der Waals surface area contributed by atoms with E-state index < -0.39 is 11.8 Å². The fourth-order valence-electron chi connectivity index (χ4n) is 2.24. The molecule has 1 nitrogen and oxygen atoms in total. The van der Waals surface area contributed by atoms with Crippen LogP contribution in [0.2, 0.25) is 0 Å². The SMILES string of the molecule is [2H][C@H](c1ccccc1)[C@H](CC(C)(C)C)C(=O)C(C)(C)C. The van der Waals surface area contributed by atoms with Crippen LogP contribution < -0.4 is 0 Å². The van der Waals surface area contributed by atoms with Crippen molar-refractivity contribution in [1.82, 2.24) is 0 Å². The van der Waals surface area contributed by atoms with Crippen molar-refractivity contribution in [1.29, 1.82) is 0 Å². The van der Waals surface area contributed by atoms with Crippen molar-refractivity contribution in [2.45, 2.75) is 54.4 Å². The highest BCUT2D eigenvalue weighted by molar-refractivity contribution is 5.86. The lowest BCUT2D eigenvalue weighted by Gasteiger charge is -2.30. The van der Waals surface area contributed by atoms with E-state index in [0.717, 1.165) is 12.0 Å². The van der Waals surface area contributed by atoms with Crippen LogP contribution in [0.5, 0.6) is 0 Å². The molecule has 0 aliphatic heterocycles. The van der Waals surface area contributed by atoms with Gasteiger partial charge >= 0.3 is 0 Å². The molecule has 1 rings (SSSR count). The summed E-state index contributed by atoms with van der Waals surface area (Å²) in [5.74, 6) is -0.0614. The summed E-state index contributed by atoms with van der Waals surface area (Å²) in [7, 11) is 0. The third-order valence-corrected chi connectivity index (χ3v) is 3.10. The molecule has 0 N–H and O–H groups in total. The molecule has 0 saturated heterocycles. The summed E-state index contributed by atoms with van der Waals surface area (Å²) < 4.78 is 8.54. The molecule has 0 fully saturated rings. The van der Waals surface area contributed by atoms with E-state index in [9.17, 15) is 4.79 Å². The van der Waals surface area contributed by atoms with Gasteiger partial charge in [0.15, 0.2) is 0 Å². The minimum absolute atomic E-state index is 0.0413. The van der Waals surface area contributed by atoms with Gasteiger partial charge in [-0.15, -0.1) is 0 Å². The predicted molar refractivity (Wildman–Crippen MR) is 82.2 cm³/mol. The molecule has 0 aliphatic carbocycles. The monoisotopic (exact) mass is 261 g/mol. The lowest BCUT2D eigenvalue weighted by Crippen LogP contribution is -2.32. The Morgan fingerprint density at radius 1 is 1.11 bits per heavy atom. The van der Waals surface area contributed by atoms with Gasteiger partial charge < -0.3 is 0 Å². The van der Waals surface area contributed by atoms with Crippen LogP contribution in [-0.2, 0) is 11.2 Å². The van der Waals surface area contributed by atoms with Crippen LogP contribution in [0.15, 0.2) is 30.3 Å². The van der Waals surface area contributed by atoms with Crippen molar-refractivity contribution in [2.75, 3.05) is 0 Å². The highest BCUT2D eigenvalue weighted by atomic mass is 16.1. The van der Waals surface area contributed by atoms with Crippen LogP contribution in [0.1, 0.15) is 54.9 Å². The van der Waals surface area contributed by atoms with E-state index >= 15 is 0 Å². The molecule has 1 heteroatoms.